The first-order chi connectivity index (χ1) is 9.56. The maximum atomic E-state index is 11.9. The number of hydrogen-bond donors (Lipinski definition) is 2. The van der Waals surface area contributed by atoms with E-state index in [9.17, 15) is 9.59 Å². The van der Waals surface area contributed by atoms with E-state index in [-0.39, 0.29) is 18.2 Å². The summed E-state index contributed by atoms with van der Waals surface area (Å²) in [4.78, 5) is 23.5. The molecule has 0 aliphatic carbocycles. The summed E-state index contributed by atoms with van der Waals surface area (Å²) >= 11 is 0. The number of rotatable bonds is 7. The molecule has 0 bridgehead atoms. The van der Waals surface area contributed by atoms with Crippen molar-refractivity contribution in [3.8, 4) is 5.75 Å². The second-order valence-electron chi connectivity index (χ2n) is 4.61. The van der Waals surface area contributed by atoms with Gasteiger partial charge in [-0.2, -0.15) is 0 Å². The fourth-order valence-electron chi connectivity index (χ4n) is 1.73. The molecule has 5 nitrogen and oxygen atoms in total. The Morgan fingerprint density at radius 2 is 2.10 bits per heavy atom. The Labute approximate surface area is 119 Å². The van der Waals surface area contributed by atoms with Crippen molar-refractivity contribution in [2.75, 3.05) is 13.7 Å². The predicted molar refractivity (Wildman–Crippen MR) is 77.6 cm³/mol. The van der Waals surface area contributed by atoms with E-state index in [2.05, 4.69) is 10.6 Å². The third-order valence-corrected chi connectivity index (χ3v) is 2.82. The number of amides is 2. The maximum Gasteiger partial charge on any atom is 0.242 e. The molecule has 20 heavy (non-hydrogen) atoms. The molecule has 1 aromatic rings. The van der Waals surface area contributed by atoms with Crippen LogP contribution in [0.5, 0.6) is 5.75 Å². The van der Waals surface area contributed by atoms with Crippen LogP contribution in [-0.2, 0) is 16.0 Å². The monoisotopic (exact) mass is 278 g/mol. The summed E-state index contributed by atoms with van der Waals surface area (Å²) in [6, 6.07) is 6.78. The van der Waals surface area contributed by atoms with Crippen LogP contribution in [0.2, 0.25) is 0 Å². The summed E-state index contributed by atoms with van der Waals surface area (Å²) < 4.78 is 5.10. The van der Waals surface area contributed by atoms with Crippen LogP contribution < -0.4 is 15.4 Å². The van der Waals surface area contributed by atoms with Crippen molar-refractivity contribution in [2.24, 2.45) is 0 Å². The van der Waals surface area contributed by atoms with Gasteiger partial charge in [-0.1, -0.05) is 19.1 Å². The topological polar surface area (TPSA) is 67.4 Å². The zero-order chi connectivity index (χ0) is 15.0. The van der Waals surface area contributed by atoms with Gasteiger partial charge in [0, 0.05) is 6.54 Å². The van der Waals surface area contributed by atoms with Crippen LogP contribution in [0.3, 0.4) is 0 Å². The van der Waals surface area contributed by atoms with Crippen LogP contribution in [0.4, 0.5) is 0 Å². The second-order valence-corrected chi connectivity index (χ2v) is 4.61. The lowest BCUT2D eigenvalue weighted by molar-refractivity contribution is -0.128. The molecule has 1 aromatic carbocycles. The Morgan fingerprint density at radius 3 is 2.75 bits per heavy atom. The molecule has 0 heterocycles. The van der Waals surface area contributed by atoms with Gasteiger partial charge >= 0.3 is 0 Å². The van der Waals surface area contributed by atoms with Gasteiger partial charge in [0.1, 0.15) is 11.8 Å². The standard InChI is InChI=1S/C15H22N2O3/c1-4-8-16-15(19)11(2)17-14(18)10-12-6-5-7-13(9-12)20-3/h5-7,9,11H,4,8,10H2,1-3H3,(H,16,19)(H,17,18)/t11-/m0/s1. The number of nitrogens with one attached hydrogen (secondary N) is 2. The van der Waals surface area contributed by atoms with Gasteiger partial charge in [-0.05, 0) is 31.0 Å². The van der Waals surface area contributed by atoms with Crippen molar-refractivity contribution in [2.45, 2.75) is 32.7 Å². The molecule has 0 radical (unpaired) electrons. The predicted octanol–water partition coefficient (Wildman–Crippen LogP) is 1.27. The highest BCUT2D eigenvalue weighted by molar-refractivity contribution is 5.88. The molecule has 2 N–H and O–H groups in total. The summed E-state index contributed by atoms with van der Waals surface area (Å²) in [7, 11) is 1.58. The number of hydrogen-bond acceptors (Lipinski definition) is 3. The first-order valence-electron chi connectivity index (χ1n) is 6.76. The molecule has 0 saturated heterocycles. The van der Waals surface area contributed by atoms with Gasteiger partial charge in [0.25, 0.3) is 0 Å². The third-order valence-electron chi connectivity index (χ3n) is 2.82. The molecule has 110 valence electrons. The third kappa shape index (κ3) is 5.30. The summed E-state index contributed by atoms with van der Waals surface area (Å²) in [6.45, 7) is 4.27. The van der Waals surface area contributed by atoms with Crippen LogP contribution >= 0.6 is 0 Å². The average Bonchev–Trinajstić information content (AvgIpc) is 2.44. The normalized spacial score (nSPS) is 11.6. The molecule has 2 amide bonds. The Balaban J connectivity index is 2.48. The van der Waals surface area contributed by atoms with Gasteiger partial charge in [0.2, 0.25) is 11.8 Å². The van der Waals surface area contributed by atoms with Gasteiger partial charge < -0.3 is 15.4 Å². The lowest BCUT2D eigenvalue weighted by Gasteiger charge is -2.14. The number of carbonyl (C=O) groups is 2. The molecular formula is C15H22N2O3. The molecule has 1 atom stereocenters. The smallest absolute Gasteiger partial charge is 0.242 e. The van der Waals surface area contributed by atoms with Crippen LogP contribution in [-0.4, -0.2) is 31.5 Å². The van der Waals surface area contributed by atoms with Gasteiger partial charge in [0.05, 0.1) is 13.5 Å². The molecular weight excluding hydrogens is 256 g/mol. The molecule has 0 spiro atoms. The number of methoxy groups -OCH3 is 1. The molecule has 0 aromatic heterocycles. The quantitative estimate of drug-likeness (QED) is 0.789. The van der Waals surface area contributed by atoms with Crippen molar-refractivity contribution in [3.05, 3.63) is 29.8 Å². The molecule has 0 aliphatic rings. The summed E-state index contributed by atoms with van der Waals surface area (Å²) in [5.74, 6) is 0.368. The summed E-state index contributed by atoms with van der Waals surface area (Å²) in [6.07, 6.45) is 1.10. The van der Waals surface area contributed by atoms with Gasteiger partial charge in [-0.25, -0.2) is 0 Å². The van der Waals surface area contributed by atoms with Crippen molar-refractivity contribution in [1.29, 1.82) is 0 Å². The Kier molecular flexibility index (Phi) is 6.56. The van der Waals surface area contributed by atoms with E-state index in [1.165, 1.54) is 0 Å². The average molecular weight is 278 g/mol. The molecule has 0 aliphatic heterocycles. The molecule has 0 fully saturated rings. The minimum Gasteiger partial charge on any atom is -0.497 e. The van der Waals surface area contributed by atoms with Crippen LogP contribution in [0.15, 0.2) is 24.3 Å². The molecule has 1 rings (SSSR count). The van der Waals surface area contributed by atoms with E-state index in [4.69, 9.17) is 4.74 Å². The first-order valence-corrected chi connectivity index (χ1v) is 6.76. The van der Waals surface area contributed by atoms with Crippen molar-refractivity contribution >= 4 is 11.8 Å². The van der Waals surface area contributed by atoms with Crippen LogP contribution in [0, 0.1) is 0 Å². The lowest BCUT2D eigenvalue weighted by atomic mass is 10.1. The van der Waals surface area contributed by atoms with Gasteiger partial charge in [-0.3, -0.25) is 9.59 Å². The zero-order valence-corrected chi connectivity index (χ0v) is 12.2. The molecule has 5 heteroatoms. The first kappa shape index (κ1) is 16.0. The van der Waals surface area contributed by atoms with Gasteiger partial charge in [0.15, 0.2) is 0 Å². The minimum absolute atomic E-state index is 0.161. The Bertz CT molecular complexity index is 460. The van der Waals surface area contributed by atoms with Crippen molar-refractivity contribution < 1.29 is 14.3 Å². The fraction of sp³-hybridized carbons (Fsp3) is 0.467. The van der Waals surface area contributed by atoms with E-state index < -0.39 is 6.04 Å². The van der Waals surface area contributed by atoms with Crippen LogP contribution in [0.25, 0.3) is 0 Å². The van der Waals surface area contributed by atoms with Crippen LogP contribution in [0.1, 0.15) is 25.8 Å². The van der Waals surface area contributed by atoms with E-state index in [1.54, 1.807) is 20.1 Å². The zero-order valence-electron chi connectivity index (χ0n) is 12.2. The molecule has 0 unspecified atom stereocenters. The summed E-state index contributed by atoms with van der Waals surface area (Å²) in [5, 5.41) is 5.43. The number of carbonyl (C=O) groups excluding carboxylic acids is 2. The highest BCUT2D eigenvalue weighted by atomic mass is 16.5. The minimum atomic E-state index is -0.528. The molecule has 0 saturated carbocycles. The SMILES string of the molecule is CCCNC(=O)[C@H](C)NC(=O)Cc1cccc(OC)c1. The lowest BCUT2D eigenvalue weighted by Crippen LogP contribution is -2.45. The Morgan fingerprint density at radius 1 is 1.35 bits per heavy atom. The highest BCUT2D eigenvalue weighted by Gasteiger charge is 2.15. The Hall–Kier alpha value is -2.04. The number of ether oxygens (including phenoxy) is 1. The van der Waals surface area contributed by atoms with E-state index >= 15 is 0 Å². The largest absolute Gasteiger partial charge is 0.497 e. The highest BCUT2D eigenvalue weighted by Crippen LogP contribution is 2.12. The van der Waals surface area contributed by atoms with E-state index in [1.807, 2.05) is 25.1 Å². The van der Waals surface area contributed by atoms with E-state index in [0.29, 0.717) is 12.3 Å². The van der Waals surface area contributed by atoms with Crippen molar-refractivity contribution in [1.82, 2.24) is 10.6 Å². The van der Waals surface area contributed by atoms with E-state index in [0.717, 1.165) is 12.0 Å². The second kappa shape index (κ2) is 8.19. The van der Waals surface area contributed by atoms with Crippen molar-refractivity contribution in [3.63, 3.8) is 0 Å². The fourth-order valence-corrected chi connectivity index (χ4v) is 1.73. The number of benzene rings is 1. The summed E-state index contributed by atoms with van der Waals surface area (Å²) in [5.41, 5.74) is 0.850. The maximum absolute atomic E-state index is 11.9. The van der Waals surface area contributed by atoms with Gasteiger partial charge in [-0.15, -0.1) is 0 Å².